The van der Waals surface area contributed by atoms with Crippen LogP contribution in [0.25, 0.3) is 22.3 Å². The highest BCUT2D eigenvalue weighted by Crippen LogP contribution is 2.54. The molecular weight excluding hydrogens is 470 g/mol. The molecular formula is C26H17NO9. The molecule has 0 saturated carbocycles. The number of nitrogens with one attached hydrogen (secondary N) is 1. The van der Waals surface area contributed by atoms with Gasteiger partial charge in [0.15, 0.2) is 11.2 Å². The van der Waals surface area contributed by atoms with E-state index in [1.165, 1.54) is 0 Å². The fourth-order valence-corrected chi connectivity index (χ4v) is 5.88. The van der Waals surface area contributed by atoms with Crippen molar-refractivity contribution in [3.63, 3.8) is 0 Å². The summed E-state index contributed by atoms with van der Waals surface area (Å²) in [5.74, 6) is -2.40. The summed E-state index contributed by atoms with van der Waals surface area (Å²) in [7, 11) is 1.13. The van der Waals surface area contributed by atoms with Gasteiger partial charge in [-0.2, -0.15) is 0 Å². The summed E-state index contributed by atoms with van der Waals surface area (Å²) >= 11 is 0. The number of aromatic amines is 1. The number of aliphatic hydroxyl groups excluding tert-OH is 2. The number of pyridine rings is 1. The maximum Gasteiger partial charge on any atom is 0.259 e. The smallest absolute Gasteiger partial charge is 0.259 e. The average Bonchev–Trinajstić information content (AvgIpc) is 3.31. The monoisotopic (exact) mass is 487 g/mol. The van der Waals surface area contributed by atoms with E-state index in [0.29, 0.717) is 16.6 Å². The van der Waals surface area contributed by atoms with Crippen LogP contribution in [0.1, 0.15) is 23.2 Å². The Hall–Kier alpha value is -4.73. The number of aliphatic hydroxyl groups is 2. The van der Waals surface area contributed by atoms with Gasteiger partial charge >= 0.3 is 0 Å². The molecule has 6 rings (SSSR count). The van der Waals surface area contributed by atoms with E-state index in [0.717, 1.165) is 13.2 Å². The van der Waals surface area contributed by atoms with E-state index in [2.05, 4.69) is 4.98 Å². The molecule has 1 aromatic heterocycles. The second-order valence-electron chi connectivity index (χ2n) is 9.17. The minimum Gasteiger partial charge on any atom is -0.510 e. The number of methoxy groups -OCH3 is 1. The number of hydrogen-bond acceptors (Lipinski definition) is 9. The number of hydrogen-bond donors (Lipinski definition) is 4. The van der Waals surface area contributed by atoms with Crippen LogP contribution in [0.3, 0.4) is 0 Å². The molecule has 4 N–H and O–H groups in total. The molecule has 1 spiro atoms. The predicted octanol–water partition coefficient (Wildman–Crippen LogP) is -1.18. The molecule has 10 nitrogen and oxygen atoms in total. The van der Waals surface area contributed by atoms with Crippen molar-refractivity contribution in [2.24, 2.45) is 0 Å². The largest absolute Gasteiger partial charge is 0.510 e. The minimum atomic E-state index is -1.90. The SMILES string of the molecule is COc1cc(=O)c2c(=O)c3c(c(=O)c=2c1=O)=C(O)C1(CCc2cc4cc(C)[nH]c(=O)c4c(O)c21)C=3O. The molecule has 180 valence electrons. The number of aromatic hydroxyl groups is 1. The zero-order valence-corrected chi connectivity index (χ0v) is 18.9. The van der Waals surface area contributed by atoms with Gasteiger partial charge in [-0.3, -0.25) is 24.0 Å². The molecule has 0 fully saturated rings. The van der Waals surface area contributed by atoms with E-state index in [-0.39, 0.29) is 23.8 Å². The van der Waals surface area contributed by atoms with E-state index in [1.54, 1.807) is 19.1 Å². The number of aromatic nitrogens is 1. The first-order chi connectivity index (χ1) is 17.0. The van der Waals surface area contributed by atoms with Crippen molar-refractivity contribution in [1.82, 2.24) is 4.98 Å². The Kier molecular flexibility index (Phi) is 4.05. The molecule has 0 saturated heterocycles. The highest BCUT2D eigenvalue weighted by Gasteiger charge is 2.53. The second kappa shape index (κ2) is 6.69. The Morgan fingerprint density at radius 3 is 2.14 bits per heavy atom. The van der Waals surface area contributed by atoms with Gasteiger partial charge in [0, 0.05) is 17.3 Å². The Morgan fingerprint density at radius 1 is 0.861 bits per heavy atom. The van der Waals surface area contributed by atoms with Crippen LogP contribution in [0.2, 0.25) is 0 Å². The minimum absolute atomic E-state index is 0.0133. The van der Waals surface area contributed by atoms with Crippen molar-refractivity contribution in [1.29, 1.82) is 0 Å². The Bertz CT molecular complexity index is 2190. The number of H-pyrrole nitrogens is 1. The number of ether oxygens (including phenoxy) is 1. The summed E-state index contributed by atoms with van der Waals surface area (Å²) < 4.78 is 4.87. The molecule has 0 bridgehead atoms. The maximum absolute atomic E-state index is 13.5. The first kappa shape index (κ1) is 21.8. The molecule has 10 heteroatoms. The van der Waals surface area contributed by atoms with Crippen molar-refractivity contribution in [2.75, 3.05) is 7.11 Å². The number of aryl methyl sites for hydroxylation is 2. The normalized spacial score (nSPS) is 18.4. The molecule has 1 atom stereocenters. The van der Waals surface area contributed by atoms with Gasteiger partial charge in [-0.1, -0.05) is 6.07 Å². The van der Waals surface area contributed by atoms with Crippen LogP contribution < -0.4 is 42.4 Å². The fraction of sp³-hybridized carbons (Fsp3) is 0.192. The lowest BCUT2D eigenvalue weighted by atomic mass is 9.78. The van der Waals surface area contributed by atoms with Crippen molar-refractivity contribution >= 4 is 22.3 Å². The molecule has 0 radical (unpaired) electrons. The molecule has 4 aliphatic carbocycles. The van der Waals surface area contributed by atoms with Gasteiger partial charge in [0.25, 0.3) is 5.56 Å². The summed E-state index contributed by atoms with van der Waals surface area (Å²) in [4.78, 5) is 67.6. The maximum atomic E-state index is 13.5. The standard InChI is InChI=1S/C26H17NO9/c1-8-5-10-6-9-3-4-26(18(9)22(32)13(10)25(35)27-8)23(33)16-17(24(26)34)21(31)15-14(20(16)30)11(28)7-12(36-2)19(15)29/h5-7,32-34H,3-4H2,1-2H3,(H,27,35). The molecule has 2 aromatic rings. The number of fused-ring (bicyclic) bond motifs is 4. The first-order valence-corrected chi connectivity index (χ1v) is 11.0. The van der Waals surface area contributed by atoms with Crippen LogP contribution in [-0.4, -0.2) is 27.4 Å². The van der Waals surface area contributed by atoms with E-state index in [1.807, 2.05) is 0 Å². The fourth-order valence-electron chi connectivity index (χ4n) is 5.88. The van der Waals surface area contributed by atoms with Crippen molar-refractivity contribution in [3.05, 3.63) is 107 Å². The third-order valence-electron chi connectivity index (χ3n) is 7.39. The van der Waals surface area contributed by atoms with Crippen molar-refractivity contribution in [2.45, 2.75) is 25.2 Å². The van der Waals surface area contributed by atoms with E-state index in [4.69, 9.17) is 4.74 Å². The zero-order chi connectivity index (χ0) is 25.8. The number of phenolic OH excluding ortho intramolecular Hbond substituents is 1. The number of benzene rings is 1. The van der Waals surface area contributed by atoms with Crippen LogP contribution in [0.5, 0.6) is 11.5 Å². The van der Waals surface area contributed by atoms with Gasteiger partial charge in [-0.15, -0.1) is 0 Å². The lowest BCUT2D eigenvalue weighted by Gasteiger charge is -2.27. The summed E-state index contributed by atoms with van der Waals surface area (Å²) in [5.41, 5.74) is -5.59. The molecule has 1 unspecified atom stereocenters. The molecule has 1 heterocycles. The molecule has 1 aromatic carbocycles. The van der Waals surface area contributed by atoms with Crippen molar-refractivity contribution in [3.8, 4) is 11.5 Å². The van der Waals surface area contributed by atoms with Gasteiger partial charge in [0.2, 0.25) is 16.3 Å². The van der Waals surface area contributed by atoms with Gasteiger partial charge < -0.3 is 25.0 Å². The zero-order valence-electron chi connectivity index (χ0n) is 18.9. The van der Waals surface area contributed by atoms with Crippen LogP contribution >= 0.6 is 0 Å². The van der Waals surface area contributed by atoms with Crippen LogP contribution in [0, 0.1) is 17.4 Å². The first-order valence-electron chi connectivity index (χ1n) is 11.0. The van der Waals surface area contributed by atoms with E-state index in [9.17, 15) is 39.3 Å². The van der Waals surface area contributed by atoms with E-state index < -0.39 is 76.6 Å². The van der Waals surface area contributed by atoms with Gasteiger partial charge in [-0.05, 0) is 36.8 Å². The third-order valence-corrected chi connectivity index (χ3v) is 7.39. The van der Waals surface area contributed by atoms with Crippen molar-refractivity contribution < 1.29 is 20.1 Å². The number of rotatable bonds is 1. The summed E-state index contributed by atoms with van der Waals surface area (Å²) in [6.45, 7) is 1.68. The van der Waals surface area contributed by atoms with Gasteiger partial charge in [-0.25, -0.2) is 0 Å². The quantitative estimate of drug-likeness (QED) is 0.258. The lowest BCUT2D eigenvalue weighted by molar-refractivity contribution is 0.362. The second-order valence-corrected chi connectivity index (χ2v) is 9.17. The molecule has 0 amide bonds. The van der Waals surface area contributed by atoms with Crippen LogP contribution in [0.4, 0.5) is 0 Å². The third kappa shape index (κ3) is 2.28. The van der Waals surface area contributed by atoms with Gasteiger partial charge in [0.05, 0.1) is 33.4 Å². The summed E-state index contributed by atoms with van der Waals surface area (Å²) in [6.07, 6.45) is 0.185. The predicted molar refractivity (Wildman–Crippen MR) is 128 cm³/mol. The highest BCUT2D eigenvalue weighted by atomic mass is 16.5. The topological polar surface area (TPSA) is 171 Å². The molecule has 0 aliphatic heterocycles. The number of phenols is 1. The van der Waals surface area contributed by atoms with E-state index >= 15 is 0 Å². The van der Waals surface area contributed by atoms with Crippen LogP contribution in [0.15, 0.2) is 42.2 Å². The average molecular weight is 487 g/mol. The van der Waals surface area contributed by atoms with Gasteiger partial charge in [0.1, 0.15) is 22.7 Å². The Labute approximate surface area is 198 Å². The Balaban J connectivity index is 1.87. The highest BCUT2D eigenvalue weighted by molar-refractivity contribution is 5.94. The summed E-state index contributed by atoms with van der Waals surface area (Å²) in [6, 6.07) is 4.10. The molecule has 36 heavy (non-hydrogen) atoms. The van der Waals surface area contributed by atoms with Crippen LogP contribution in [-0.2, 0) is 11.8 Å². The lowest BCUT2D eigenvalue weighted by Crippen LogP contribution is -2.51. The Morgan fingerprint density at radius 2 is 1.50 bits per heavy atom. The summed E-state index contributed by atoms with van der Waals surface area (Å²) in [5, 5.41) is 31.7. The molecule has 4 aliphatic rings.